The molecule has 6 nitrogen and oxygen atoms in total. The largest absolute Gasteiger partial charge is 0.468 e. The van der Waals surface area contributed by atoms with Crippen molar-refractivity contribution in [2.24, 2.45) is 0 Å². The van der Waals surface area contributed by atoms with Crippen molar-refractivity contribution in [3.8, 4) is 5.75 Å². The number of aliphatic hydroxyl groups excluding tert-OH is 1. The summed E-state index contributed by atoms with van der Waals surface area (Å²) in [6.45, 7) is 4.50. The summed E-state index contributed by atoms with van der Waals surface area (Å²) in [6.07, 6.45) is 4.02. The fourth-order valence-corrected chi connectivity index (χ4v) is 3.76. The van der Waals surface area contributed by atoms with Crippen LogP contribution in [0, 0.1) is 0 Å². The molecule has 0 bridgehead atoms. The number of unbranched alkanes of at least 4 members (excludes halogenated alkanes) is 3. The summed E-state index contributed by atoms with van der Waals surface area (Å²) in [6, 6.07) is 6.63. The maximum absolute atomic E-state index is 12.9. The predicted octanol–water partition coefficient (Wildman–Crippen LogP) is 4.49. The zero-order chi connectivity index (χ0) is 17.8. The third kappa shape index (κ3) is 6.91. The van der Waals surface area contributed by atoms with Gasteiger partial charge in [0.2, 0.25) is 0 Å². The quantitative estimate of drug-likeness (QED) is 0.317. The van der Waals surface area contributed by atoms with Crippen molar-refractivity contribution in [1.29, 1.82) is 0 Å². The molecule has 0 amide bonds. The van der Waals surface area contributed by atoms with Crippen LogP contribution in [0.25, 0.3) is 0 Å². The fourth-order valence-electron chi connectivity index (χ4n) is 2.12. The minimum Gasteiger partial charge on any atom is -0.468 e. The van der Waals surface area contributed by atoms with Gasteiger partial charge in [0.25, 0.3) is 0 Å². The molecule has 2 unspecified atom stereocenters. The van der Waals surface area contributed by atoms with Gasteiger partial charge in [-0.05, 0) is 31.0 Å². The second-order valence-corrected chi connectivity index (χ2v) is 7.43. The molecule has 0 saturated heterocycles. The van der Waals surface area contributed by atoms with E-state index in [2.05, 4.69) is 6.92 Å². The molecule has 0 saturated carbocycles. The van der Waals surface area contributed by atoms with Crippen LogP contribution in [0.2, 0.25) is 0 Å². The van der Waals surface area contributed by atoms with Gasteiger partial charge in [0, 0.05) is 7.11 Å². The predicted molar refractivity (Wildman–Crippen MR) is 93.2 cm³/mol. The van der Waals surface area contributed by atoms with E-state index in [1.54, 1.807) is 31.2 Å². The van der Waals surface area contributed by atoms with Crippen LogP contribution in [0.15, 0.2) is 24.3 Å². The third-order valence-electron chi connectivity index (χ3n) is 3.40. The average Bonchev–Trinajstić information content (AvgIpc) is 2.60. The number of methoxy groups -OCH3 is 1. The average molecular weight is 360 g/mol. The van der Waals surface area contributed by atoms with Gasteiger partial charge in [-0.15, -0.1) is 0 Å². The maximum atomic E-state index is 12.9. The second kappa shape index (κ2) is 11.6. The Hall–Kier alpha value is -0.910. The van der Waals surface area contributed by atoms with E-state index in [9.17, 15) is 9.67 Å². The summed E-state index contributed by atoms with van der Waals surface area (Å²) in [5.41, 5.74) is 0.463. The van der Waals surface area contributed by atoms with Gasteiger partial charge in [0.1, 0.15) is 5.75 Å². The van der Waals surface area contributed by atoms with Gasteiger partial charge < -0.3 is 23.6 Å². The first-order valence-electron chi connectivity index (χ1n) is 8.36. The number of ether oxygens (including phenoxy) is 2. The van der Waals surface area contributed by atoms with E-state index in [4.69, 9.17) is 18.5 Å². The molecule has 1 aromatic carbocycles. The van der Waals surface area contributed by atoms with Gasteiger partial charge in [-0.1, -0.05) is 38.3 Å². The Morgan fingerprint density at radius 2 is 1.79 bits per heavy atom. The van der Waals surface area contributed by atoms with Crippen LogP contribution in [-0.4, -0.2) is 32.2 Å². The van der Waals surface area contributed by atoms with Gasteiger partial charge in [0.15, 0.2) is 12.6 Å². The van der Waals surface area contributed by atoms with Crippen molar-refractivity contribution in [2.45, 2.75) is 45.4 Å². The molecule has 0 aliphatic rings. The molecule has 0 aliphatic heterocycles. The summed E-state index contributed by atoms with van der Waals surface area (Å²) in [5, 5.41) is 10.5. The Morgan fingerprint density at radius 3 is 2.38 bits per heavy atom. The Bertz CT molecular complexity index is 490. The van der Waals surface area contributed by atoms with E-state index in [0.717, 1.165) is 25.7 Å². The molecule has 0 aromatic heterocycles. The van der Waals surface area contributed by atoms with Gasteiger partial charge in [-0.2, -0.15) is 0 Å². The van der Waals surface area contributed by atoms with Crippen molar-refractivity contribution in [2.75, 3.05) is 27.1 Å². The lowest BCUT2D eigenvalue weighted by molar-refractivity contribution is 0.0511. The Kier molecular flexibility index (Phi) is 10.2. The zero-order valence-electron chi connectivity index (χ0n) is 14.8. The summed E-state index contributed by atoms with van der Waals surface area (Å²) >= 11 is 0. The van der Waals surface area contributed by atoms with Crippen LogP contribution in [0.3, 0.4) is 0 Å². The first-order chi connectivity index (χ1) is 11.6. The molecule has 0 spiro atoms. The number of benzene rings is 1. The van der Waals surface area contributed by atoms with Gasteiger partial charge in [-0.3, -0.25) is 4.57 Å². The van der Waals surface area contributed by atoms with Crippen molar-refractivity contribution in [1.82, 2.24) is 0 Å². The van der Waals surface area contributed by atoms with Gasteiger partial charge in [-0.25, -0.2) is 0 Å². The molecular formula is C17H29O6P. The monoisotopic (exact) mass is 360 g/mol. The van der Waals surface area contributed by atoms with E-state index in [0.29, 0.717) is 17.9 Å². The van der Waals surface area contributed by atoms with Crippen LogP contribution < -0.4 is 4.74 Å². The molecule has 2 atom stereocenters. The number of rotatable bonds is 13. The van der Waals surface area contributed by atoms with Crippen LogP contribution in [-0.2, 0) is 18.3 Å². The molecule has 138 valence electrons. The molecule has 0 heterocycles. The molecule has 0 aliphatic carbocycles. The lowest BCUT2D eigenvalue weighted by atomic mass is 10.2. The fraction of sp³-hybridized carbons (Fsp3) is 0.647. The van der Waals surface area contributed by atoms with Crippen molar-refractivity contribution >= 4 is 7.60 Å². The van der Waals surface area contributed by atoms with Crippen LogP contribution in [0.4, 0.5) is 0 Å². The third-order valence-corrected chi connectivity index (χ3v) is 5.46. The summed E-state index contributed by atoms with van der Waals surface area (Å²) < 4.78 is 33.7. The van der Waals surface area contributed by atoms with Gasteiger partial charge >= 0.3 is 7.60 Å². The van der Waals surface area contributed by atoms with Crippen LogP contribution in [0.5, 0.6) is 5.75 Å². The Balaban J connectivity index is 2.69. The first kappa shape index (κ1) is 21.1. The smallest absolute Gasteiger partial charge is 0.363 e. The highest BCUT2D eigenvalue weighted by Crippen LogP contribution is 2.59. The minimum absolute atomic E-state index is 0.139. The van der Waals surface area contributed by atoms with Crippen molar-refractivity contribution in [3.05, 3.63) is 29.8 Å². The zero-order valence-corrected chi connectivity index (χ0v) is 15.7. The van der Waals surface area contributed by atoms with Gasteiger partial charge in [0.05, 0.1) is 13.2 Å². The van der Waals surface area contributed by atoms with Crippen LogP contribution >= 0.6 is 7.60 Å². The molecule has 0 radical (unpaired) electrons. The normalized spacial score (nSPS) is 15.0. The van der Waals surface area contributed by atoms with E-state index in [1.165, 1.54) is 7.11 Å². The number of hydrogen-bond donors (Lipinski definition) is 1. The standard InChI is InChI=1S/C17H29O6P/c1-4-6-7-8-13-23-24(19,22-5-2)17(18)15-9-11-16(12-10-15)21-14-20-3/h9-12,17-18H,4-8,13-14H2,1-3H3. The minimum atomic E-state index is -3.63. The lowest BCUT2D eigenvalue weighted by Gasteiger charge is -2.23. The number of hydrogen-bond acceptors (Lipinski definition) is 6. The first-order valence-corrected chi connectivity index (χ1v) is 9.97. The van der Waals surface area contributed by atoms with E-state index >= 15 is 0 Å². The molecule has 1 rings (SSSR count). The van der Waals surface area contributed by atoms with E-state index in [-0.39, 0.29) is 13.4 Å². The number of aliphatic hydroxyl groups is 1. The highest BCUT2D eigenvalue weighted by Gasteiger charge is 2.35. The summed E-state index contributed by atoms with van der Waals surface area (Å²) in [5.74, 6) is -0.723. The Morgan fingerprint density at radius 1 is 1.08 bits per heavy atom. The molecule has 0 fully saturated rings. The second-order valence-electron chi connectivity index (χ2n) is 5.35. The highest BCUT2D eigenvalue weighted by molar-refractivity contribution is 7.54. The van der Waals surface area contributed by atoms with E-state index < -0.39 is 13.4 Å². The van der Waals surface area contributed by atoms with Crippen molar-refractivity contribution < 1.29 is 28.2 Å². The molecule has 1 aromatic rings. The Labute approximate surface area is 144 Å². The molecule has 24 heavy (non-hydrogen) atoms. The SMILES string of the molecule is CCCCCCOP(=O)(OCC)C(O)c1ccc(OCOC)cc1. The van der Waals surface area contributed by atoms with Crippen LogP contribution in [0.1, 0.15) is 50.9 Å². The molecule has 7 heteroatoms. The maximum Gasteiger partial charge on any atom is 0.363 e. The summed E-state index contributed by atoms with van der Waals surface area (Å²) in [7, 11) is -2.09. The highest BCUT2D eigenvalue weighted by atomic mass is 31.2. The molecule has 1 N–H and O–H groups in total. The summed E-state index contributed by atoms with van der Waals surface area (Å²) in [4.78, 5) is 0. The molecular weight excluding hydrogens is 331 g/mol. The topological polar surface area (TPSA) is 74.2 Å². The van der Waals surface area contributed by atoms with Crippen molar-refractivity contribution in [3.63, 3.8) is 0 Å². The lowest BCUT2D eigenvalue weighted by Crippen LogP contribution is -2.07. The van der Waals surface area contributed by atoms with E-state index in [1.807, 2.05) is 0 Å².